The molecule has 0 saturated carbocycles. The zero-order valence-electron chi connectivity index (χ0n) is 15.4. The Morgan fingerprint density at radius 2 is 2.03 bits per heavy atom. The summed E-state index contributed by atoms with van der Waals surface area (Å²) in [5.74, 6) is 1.93. The van der Waals surface area contributed by atoms with Gasteiger partial charge in [-0.25, -0.2) is 4.68 Å². The van der Waals surface area contributed by atoms with Crippen molar-refractivity contribution < 1.29 is 22.1 Å². The van der Waals surface area contributed by atoms with Gasteiger partial charge in [-0.3, -0.25) is 0 Å². The third-order valence-corrected chi connectivity index (χ3v) is 5.11. The second kappa shape index (κ2) is 8.69. The fourth-order valence-corrected chi connectivity index (χ4v) is 3.46. The van der Waals surface area contributed by atoms with Gasteiger partial charge in [-0.1, -0.05) is 29.1 Å². The van der Waals surface area contributed by atoms with E-state index in [2.05, 4.69) is 25.7 Å². The molecule has 0 saturated heterocycles. The summed E-state index contributed by atoms with van der Waals surface area (Å²) >= 11 is 1.47. The van der Waals surface area contributed by atoms with Crippen molar-refractivity contribution in [2.24, 2.45) is 0 Å². The van der Waals surface area contributed by atoms with E-state index in [9.17, 15) is 13.2 Å². The van der Waals surface area contributed by atoms with Crippen LogP contribution in [0.1, 0.15) is 23.6 Å². The molecule has 4 aromatic rings. The minimum Gasteiger partial charge on any atom is -0.467 e. The molecular weight excluding hydrogens is 421 g/mol. The van der Waals surface area contributed by atoms with E-state index in [1.807, 2.05) is 6.07 Å². The lowest BCUT2D eigenvalue weighted by atomic mass is 10.1. The third kappa shape index (κ3) is 4.87. The molecule has 4 rings (SSSR count). The number of rotatable bonds is 8. The van der Waals surface area contributed by atoms with Gasteiger partial charge in [-0.05, 0) is 41.1 Å². The fourth-order valence-electron chi connectivity index (χ4n) is 2.64. The molecule has 3 heterocycles. The molecule has 8 nitrogen and oxygen atoms in total. The molecule has 156 valence electrons. The van der Waals surface area contributed by atoms with Crippen LogP contribution in [0, 0.1) is 0 Å². The average Bonchev–Trinajstić information content (AvgIpc) is 3.48. The van der Waals surface area contributed by atoms with Crippen LogP contribution in [0.25, 0.3) is 11.4 Å². The first kappa shape index (κ1) is 20.1. The lowest BCUT2D eigenvalue weighted by Crippen LogP contribution is -2.04. The number of halogens is 3. The van der Waals surface area contributed by atoms with Crippen LogP contribution in [-0.2, 0) is 19.1 Å². The maximum atomic E-state index is 12.9. The Labute approximate surface area is 172 Å². The summed E-state index contributed by atoms with van der Waals surface area (Å²) in [5.41, 5.74) is -0.499. The number of alkyl halides is 3. The molecule has 0 aliphatic carbocycles. The molecule has 1 aromatic carbocycles. The smallest absolute Gasteiger partial charge is 0.416 e. The number of nitrogens with zero attached hydrogens (tertiary/aromatic N) is 6. The molecular formula is C18H15F3N6O2S. The molecule has 3 aromatic heterocycles. The first-order valence-electron chi connectivity index (χ1n) is 8.90. The first-order valence-corrected chi connectivity index (χ1v) is 9.89. The Morgan fingerprint density at radius 3 is 2.83 bits per heavy atom. The monoisotopic (exact) mass is 436 g/mol. The summed E-state index contributed by atoms with van der Waals surface area (Å²) in [6.45, 7) is 0.437. The Kier molecular flexibility index (Phi) is 5.84. The molecule has 0 aliphatic rings. The van der Waals surface area contributed by atoms with Crippen molar-refractivity contribution in [3.8, 4) is 11.4 Å². The molecule has 12 heteroatoms. The number of thioether (sulfide) groups is 1. The topological polar surface area (TPSA) is 95.7 Å². The van der Waals surface area contributed by atoms with Gasteiger partial charge in [-0.2, -0.15) is 18.2 Å². The molecule has 0 unspecified atom stereocenters. The Bertz CT molecular complexity index is 1090. The Morgan fingerprint density at radius 1 is 1.13 bits per heavy atom. The van der Waals surface area contributed by atoms with Gasteiger partial charge in [0.15, 0.2) is 0 Å². The highest BCUT2D eigenvalue weighted by atomic mass is 32.2. The maximum Gasteiger partial charge on any atom is 0.416 e. The Balaban J connectivity index is 1.30. The van der Waals surface area contributed by atoms with Crippen molar-refractivity contribution in [1.82, 2.24) is 30.3 Å². The highest BCUT2D eigenvalue weighted by molar-refractivity contribution is 7.99. The van der Waals surface area contributed by atoms with Gasteiger partial charge in [-0.15, -0.1) is 5.10 Å². The van der Waals surface area contributed by atoms with Crippen LogP contribution < -0.4 is 0 Å². The zero-order chi connectivity index (χ0) is 21.0. The molecule has 0 bridgehead atoms. The molecule has 0 spiro atoms. The summed E-state index contributed by atoms with van der Waals surface area (Å²) in [6.07, 6.45) is -1.65. The third-order valence-electron chi connectivity index (χ3n) is 4.07. The second-order valence-corrected chi connectivity index (χ2v) is 7.30. The average molecular weight is 436 g/mol. The molecule has 0 atom stereocenters. The summed E-state index contributed by atoms with van der Waals surface area (Å²) in [5, 5.41) is 16.1. The standard InChI is InChI=1S/C18H15F3N6O2S/c19-18(20,21)13-5-1-4-12(10-13)16-22-15(29-24-16)7-3-9-30-17-23-25-26-27(17)11-14-6-2-8-28-14/h1-2,4-6,8,10H,3,7,9,11H2. The van der Waals surface area contributed by atoms with Gasteiger partial charge in [0, 0.05) is 17.7 Å². The maximum absolute atomic E-state index is 12.9. The van der Waals surface area contributed by atoms with E-state index >= 15 is 0 Å². The summed E-state index contributed by atoms with van der Waals surface area (Å²) in [4.78, 5) is 4.19. The summed E-state index contributed by atoms with van der Waals surface area (Å²) in [6, 6.07) is 8.47. The van der Waals surface area contributed by atoms with Gasteiger partial charge in [0.05, 0.1) is 11.8 Å². The van der Waals surface area contributed by atoms with Crippen molar-refractivity contribution in [2.45, 2.75) is 30.7 Å². The molecule has 0 amide bonds. The van der Waals surface area contributed by atoms with Crippen molar-refractivity contribution in [2.75, 3.05) is 5.75 Å². The lowest BCUT2D eigenvalue weighted by molar-refractivity contribution is -0.137. The molecule has 0 aliphatic heterocycles. The zero-order valence-corrected chi connectivity index (χ0v) is 16.2. The largest absolute Gasteiger partial charge is 0.467 e. The quantitative estimate of drug-likeness (QED) is 0.301. The van der Waals surface area contributed by atoms with E-state index in [4.69, 9.17) is 8.94 Å². The number of furan rings is 1. The molecule has 30 heavy (non-hydrogen) atoms. The molecule has 0 N–H and O–H groups in total. The van der Waals surface area contributed by atoms with Gasteiger partial charge >= 0.3 is 6.18 Å². The van der Waals surface area contributed by atoms with Crippen LogP contribution in [0.2, 0.25) is 0 Å². The van der Waals surface area contributed by atoms with Gasteiger partial charge < -0.3 is 8.94 Å². The summed E-state index contributed by atoms with van der Waals surface area (Å²) in [7, 11) is 0. The predicted octanol–water partition coefficient (Wildman–Crippen LogP) is 4.11. The molecule has 0 radical (unpaired) electrons. The number of benzene rings is 1. The fraction of sp³-hybridized carbons (Fsp3) is 0.278. The van der Waals surface area contributed by atoms with Crippen LogP contribution in [0.3, 0.4) is 0 Å². The Hall–Kier alpha value is -3.15. The SMILES string of the molecule is FC(F)(F)c1cccc(-c2noc(CCCSc3nnnn3Cc3ccco3)n2)c1. The molecule has 0 fully saturated rings. The summed E-state index contributed by atoms with van der Waals surface area (Å²) < 4.78 is 50.7. The van der Waals surface area contributed by atoms with Crippen LogP contribution in [0.15, 0.2) is 56.8 Å². The minimum absolute atomic E-state index is 0.131. The van der Waals surface area contributed by atoms with E-state index in [0.717, 1.165) is 17.9 Å². The van der Waals surface area contributed by atoms with Crippen LogP contribution in [-0.4, -0.2) is 36.1 Å². The van der Waals surface area contributed by atoms with Crippen molar-refractivity contribution in [3.63, 3.8) is 0 Å². The van der Waals surface area contributed by atoms with Crippen LogP contribution >= 0.6 is 11.8 Å². The van der Waals surface area contributed by atoms with Gasteiger partial charge in [0.1, 0.15) is 12.3 Å². The lowest BCUT2D eigenvalue weighted by Gasteiger charge is -2.06. The van der Waals surface area contributed by atoms with E-state index in [1.54, 1.807) is 17.0 Å². The normalized spacial score (nSPS) is 11.8. The minimum atomic E-state index is -4.42. The number of aromatic nitrogens is 6. The number of hydrogen-bond acceptors (Lipinski definition) is 8. The van der Waals surface area contributed by atoms with E-state index < -0.39 is 11.7 Å². The van der Waals surface area contributed by atoms with Crippen LogP contribution in [0.4, 0.5) is 13.2 Å². The predicted molar refractivity (Wildman–Crippen MR) is 99.4 cm³/mol. The van der Waals surface area contributed by atoms with Crippen LogP contribution in [0.5, 0.6) is 0 Å². The first-order chi connectivity index (χ1) is 14.5. The second-order valence-electron chi connectivity index (χ2n) is 6.24. The highest BCUT2D eigenvalue weighted by Gasteiger charge is 2.30. The number of tetrazole rings is 1. The van der Waals surface area contributed by atoms with Crippen molar-refractivity contribution in [3.05, 3.63) is 59.9 Å². The highest BCUT2D eigenvalue weighted by Crippen LogP contribution is 2.31. The number of aryl methyl sites for hydroxylation is 1. The van der Waals surface area contributed by atoms with E-state index in [1.165, 1.54) is 23.9 Å². The van der Waals surface area contributed by atoms with E-state index in [0.29, 0.717) is 36.2 Å². The van der Waals surface area contributed by atoms with Crippen molar-refractivity contribution in [1.29, 1.82) is 0 Å². The van der Waals surface area contributed by atoms with Gasteiger partial charge in [0.2, 0.25) is 16.9 Å². The van der Waals surface area contributed by atoms with Gasteiger partial charge in [0.25, 0.3) is 0 Å². The number of hydrogen-bond donors (Lipinski definition) is 0. The van der Waals surface area contributed by atoms with E-state index in [-0.39, 0.29) is 11.4 Å². The van der Waals surface area contributed by atoms with Crippen molar-refractivity contribution >= 4 is 11.8 Å².